The lowest BCUT2D eigenvalue weighted by Crippen LogP contribution is -1.94. The van der Waals surface area contributed by atoms with Crippen molar-refractivity contribution in [2.24, 2.45) is 0 Å². The molecule has 3 heteroatoms. The summed E-state index contributed by atoms with van der Waals surface area (Å²) in [5.74, 6) is 1.31. The molecule has 1 N–H and O–H groups in total. The molecular formula is C14H15ClN2. The summed E-state index contributed by atoms with van der Waals surface area (Å²) in [6, 6.07) is 13.9. The number of nitrogens with one attached hydrogen (secondary N) is 1. The minimum absolute atomic E-state index is 0.494. The molecule has 0 aliphatic rings. The van der Waals surface area contributed by atoms with Gasteiger partial charge in [-0.1, -0.05) is 43.6 Å². The third-order valence-corrected chi connectivity index (χ3v) is 2.78. The molecule has 0 saturated carbocycles. The number of aromatic nitrogens is 1. The van der Waals surface area contributed by atoms with E-state index in [0.717, 1.165) is 11.5 Å². The summed E-state index contributed by atoms with van der Waals surface area (Å²) in [4.78, 5) is 4.18. The van der Waals surface area contributed by atoms with Crippen LogP contribution >= 0.6 is 11.6 Å². The van der Waals surface area contributed by atoms with E-state index in [4.69, 9.17) is 11.6 Å². The number of anilines is 2. The standard InChI is InChI=1S/C14H15ClN2/c1-10(2)11-6-8-12(9-7-11)16-14-5-3-4-13(15)17-14/h3-10H,1-2H3,(H,16,17). The molecule has 0 atom stereocenters. The van der Waals surface area contributed by atoms with E-state index in [-0.39, 0.29) is 0 Å². The highest BCUT2D eigenvalue weighted by Crippen LogP contribution is 2.20. The molecule has 1 heterocycles. The van der Waals surface area contributed by atoms with Gasteiger partial charge in [0.15, 0.2) is 0 Å². The van der Waals surface area contributed by atoms with E-state index in [9.17, 15) is 0 Å². The van der Waals surface area contributed by atoms with E-state index >= 15 is 0 Å². The summed E-state index contributed by atoms with van der Waals surface area (Å²) in [5, 5.41) is 3.71. The summed E-state index contributed by atoms with van der Waals surface area (Å²) in [6.45, 7) is 4.36. The van der Waals surface area contributed by atoms with E-state index in [1.807, 2.05) is 12.1 Å². The lowest BCUT2D eigenvalue weighted by molar-refractivity contribution is 0.867. The van der Waals surface area contributed by atoms with Gasteiger partial charge in [0.05, 0.1) is 0 Å². The first-order chi connectivity index (χ1) is 8.15. The van der Waals surface area contributed by atoms with E-state index in [1.165, 1.54) is 5.56 Å². The SMILES string of the molecule is CC(C)c1ccc(Nc2cccc(Cl)n2)cc1. The van der Waals surface area contributed by atoms with Crippen LogP contribution in [0.3, 0.4) is 0 Å². The van der Waals surface area contributed by atoms with Crippen molar-refractivity contribution in [3.63, 3.8) is 0 Å². The molecule has 0 aliphatic carbocycles. The first kappa shape index (κ1) is 11.9. The fraction of sp³-hybridized carbons (Fsp3) is 0.214. The zero-order chi connectivity index (χ0) is 12.3. The Bertz CT molecular complexity index is 492. The number of hydrogen-bond donors (Lipinski definition) is 1. The topological polar surface area (TPSA) is 24.9 Å². The van der Waals surface area contributed by atoms with Crippen molar-refractivity contribution in [2.45, 2.75) is 19.8 Å². The second kappa shape index (κ2) is 5.19. The van der Waals surface area contributed by atoms with Crippen molar-refractivity contribution < 1.29 is 0 Å². The molecule has 0 fully saturated rings. The number of pyridine rings is 1. The van der Waals surface area contributed by atoms with Gasteiger partial charge in [-0.2, -0.15) is 0 Å². The smallest absolute Gasteiger partial charge is 0.132 e. The van der Waals surface area contributed by atoms with Crippen LogP contribution in [0.15, 0.2) is 42.5 Å². The lowest BCUT2D eigenvalue weighted by atomic mass is 10.0. The largest absolute Gasteiger partial charge is 0.340 e. The minimum atomic E-state index is 0.494. The third-order valence-electron chi connectivity index (χ3n) is 2.56. The van der Waals surface area contributed by atoms with Gasteiger partial charge in [-0.3, -0.25) is 0 Å². The van der Waals surface area contributed by atoms with Crippen LogP contribution in [0, 0.1) is 0 Å². The Kier molecular flexibility index (Phi) is 3.64. The molecule has 1 aromatic carbocycles. The van der Waals surface area contributed by atoms with Gasteiger partial charge in [-0.15, -0.1) is 0 Å². The molecule has 0 radical (unpaired) electrons. The number of hydrogen-bond acceptors (Lipinski definition) is 2. The predicted molar refractivity (Wildman–Crippen MR) is 73.1 cm³/mol. The molecule has 0 saturated heterocycles. The van der Waals surface area contributed by atoms with Crippen molar-refractivity contribution >= 4 is 23.1 Å². The highest BCUT2D eigenvalue weighted by Gasteiger charge is 2.00. The summed E-state index contributed by atoms with van der Waals surface area (Å²) >= 11 is 5.83. The van der Waals surface area contributed by atoms with Gasteiger partial charge in [0.2, 0.25) is 0 Å². The van der Waals surface area contributed by atoms with Gasteiger partial charge in [0, 0.05) is 5.69 Å². The summed E-state index contributed by atoms with van der Waals surface area (Å²) in [7, 11) is 0. The third kappa shape index (κ3) is 3.21. The van der Waals surface area contributed by atoms with Crippen molar-refractivity contribution in [1.29, 1.82) is 0 Å². The Balaban J connectivity index is 2.14. The van der Waals surface area contributed by atoms with Gasteiger partial charge in [0.1, 0.15) is 11.0 Å². The zero-order valence-electron chi connectivity index (χ0n) is 9.94. The maximum Gasteiger partial charge on any atom is 0.132 e. The van der Waals surface area contributed by atoms with Crippen LogP contribution in [-0.2, 0) is 0 Å². The number of halogens is 1. The quantitative estimate of drug-likeness (QED) is 0.801. The molecule has 0 amide bonds. The summed E-state index contributed by atoms with van der Waals surface area (Å²) in [6.07, 6.45) is 0. The molecule has 1 aromatic heterocycles. The summed E-state index contributed by atoms with van der Waals surface area (Å²) in [5.41, 5.74) is 2.35. The molecular weight excluding hydrogens is 232 g/mol. The van der Waals surface area contributed by atoms with E-state index in [1.54, 1.807) is 6.07 Å². The van der Waals surface area contributed by atoms with Crippen LogP contribution in [0.5, 0.6) is 0 Å². The van der Waals surface area contributed by atoms with Gasteiger partial charge >= 0.3 is 0 Å². The van der Waals surface area contributed by atoms with Crippen LogP contribution in [0.1, 0.15) is 25.3 Å². The highest BCUT2D eigenvalue weighted by molar-refractivity contribution is 6.29. The Morgan fingerprint density at radius 2 is 1.76 bits per heavy atom. The zero-order valence-corrected chi connectivity index (χ0v) is 10.7. The Morgan fingerprint density at radius 3 is 2.35 bits per heavy atom. The molecule has 2 aromatic rings. The molecule has 2 nitrogen and oxygen atoms in total. The Labute approximate surface area is 107 Å². The average Bonchev–Trinajstić information content (AvgIpc) is 2.29. The van der Waals surface area contributed by atoms with Crippen molar-refractivity contribution in [1.82, 2.24) is 4.98 Å². The number of nitrogens with zero attached hydrogens (tertiary/aromatic N) is 1. The lowest BCUT2D eigenvalue weighted by Gasteiger charge is -2.08. The normalized spacial score (nSPS) is 10.6. The molecule has 2 rings (SSSR count). The maximum absolute atomic E-state index is 5.83. The van der Waals surface area contributed by atoms with Crippen LogP contribution in [0.2, 0.25) is 5.15 Å². The van der Waals surface area contributed by atoms with Crippen LogP contribution in [0.4, 0.5) is 11.5 Å². The van der Waals surface area contributed by atoms with Crippen LogP contribution in [-0.4, -0.2) is 4.98 Å². The molecule has 0 aliphatic heterocycles. The molecule has 0 spiro atoms. The highest BCUT2D eigenvalue weighted by atomic mass is 35.5. The fourth-order valence-corrected chi connectivity index (χ4v) is 1.74. The van der Waals surface area contributed by atoms with E-state index < -0.39 is 0 Å². The number of benzene rings is 1. The molecule has 17 heavy (non-hydrogen) atoms. The van der Waals surface area contributed by atoms with E-state index in [2.05, 4.69) is 48.4 Å². The van der Waals surface area contributed by atoms with Gasteiger partial charge in [0.25, 0.3) is 0 Å². The van der Waals surface area contributed by atoms with Crippen LogP contribution < -0.4 is 5.32 Å². The number of rotatable bonds is 3. The van der Waals surface area contributed by atoms with Gasteiger partial charge in [-0.05, 0) is 35.7 Å². The average molecular weight is 247 g/mol. The Hall–Kier alpha value is -1.54. The molecule has 0 bridgehead atoms. The Morgan fingerprint density at radius 1 is 1.06 bits per heavy atom. The summed E-state index contributed by atoms with van der Waals surface area (Å²) < 4.78 is 0. The second-order valence-electron chi connectivity index (χ2n) is 4.25. The monoisotopic (exact) mass is 246 g/mol. The first-order valence-corrected chi connectivity index (χ1v) is 6.02. The maximum atomic E-state index is 5.83. The van der Waals surface area contributed by atoms with E-state index in [0.29, 0.717) is 11.1 Å². The van der Waals surface area contributed by atoms with Gasteiger partial charge in [-0.25, -0.2) is 4.98 Å². The molecule has 0 unspecified atom stereocenters. The van der Waals surface area contributed by atoms with Gasteiger partial charge < -0.3 is 5.32 Å². The van der Waals surface area contributed by atoms with Crippen molar-refractivity contribution in [3.05, 3.63) is 53.2 Å². The first-order valence-electron chi connectivity index (χ1n) is 5.64. The fourth-order valence-electron chi connectivity index (χ4n) is 1.58. The van der Waals surface area contributed by atoms with Crippen molar-refractivity contribution in [3.8, 4) is 0 Å². The second-order valence-corrected chi connectivity index (χ2v) is 4.63. The minimum Gasteiger partial charge on any atom is -0.340 e. The predicted octanol–water partition coefficient (Wildman–Crippen LogP) is 4.60. The van der Waals surface area contributed by atoms with Crippen molar-refractivity contribution in [2.75, 3.05) is 5.32 Å². The van der Waals surface area contributed by atoms with Crippen LogP contribution in [0.25, 0.3) is 0 Å². The molecule has 88 valence electrons.